The van der Waals surface area contributed by atoms with E-state index in [1.54, 1.807) is 18.3 Å². The molecule has 1 N–H and O–H groups in total. The van der Waals surface area contributed by atoms with Crippen LogP contribution in [0.25, 0.3) is 11.6 Å². The Morgan fingerprint density at radius 1 is 1.16 bits per heavy atom. The van der Waals surface area contributed by atoms with Gasteiger partial charge in [-0.05, 0) is 60.6 Å². The van der Waals surface area contributed by atoms with Crippen LogP contribution >= 0.6 is 0 Å². The van der Waals surface area contributed by atoms with Gasteiger partial charge >= 0.3 is 6.09 Å². The Labute approximate surface area is 222 Å². The van der Waals surface area contributed by atoms with E-state index >= 15 is 0 Å². The zero-order valence-corrected chi connectivity index (χ0v) is 21.8. The molecule has 1 aromatic carbocycles. The van der Waals surface area contributed by atoms with Crippen molar-refractivity contribution in [1.82, 2.24) is 9.88 Å². The number of aromatic hydroxyl groups is 1. The summed E-state index contributed by atoms with van der Waals surface area (Å²) < 4.78 is 11.0. The Kier molecular flexibility index (Phi) is 7.17. The van der Waals surface area contributed by atoms with Gasteiger partial charge in [-0.2, -0.15) is 4.90 Å². The molecule has 2 aromatic rings. The number of hydrogen-bond acceptors (Lipinski definition) is 7. The van der Waals surface area contributed by atoms with Gasteiger partial charge in [-0.15, -0.1) is 0 Å². The lowest BCUT2D eigenvalue weighted by molar-refractivity contribution is -0.137. The summed E-state index contributed by atoms with van der Waals surface area (Å²) in [5.41, 5.74) is 4.72. The van der Waals surface area contributed by atoms with Crippen molar-refractivity contribution in [2.24, 2.45) is 23.7 Å². The number of amides is 3. The number of phenols is 1. The molecule has 0 saturated carbocycles. The maximum Gasteiger partial charge on any atom is 0.423 e. The standard InChI is InChI=1S/C30H32N2O6/c1-17(2)20-15-21-27(29(35)32(28(21)34)30(36)37-3)22-16-38-25(26(20)22)12-11-18(23-9-6-7-13-31-23)14-19-8-4-5-10-24(19)33/h4-10,13-14,17,21-22,25,27,33H,11-12,15-16H2,1-3H3/b18-14-/t21-,22+,25-,27-/m1/s1. The number of carbonyl (C=O) groups is 3. The number of pyridine rings is 1. The number of benzene rings is 1. The van der Waals surface area contributed by atoms with Crippen LogP contribution in [0.2, 0.25) is 0 Å². The highest BCUT2D eigenvalue weighted by molar-refractivity contribution is 6.16. The Hall–Kier alpha value is -3.78. The average molecular weight is 517 g/mol. The fourth-order valence-corrected chi connectivity index (χ4v) is 6.14. The van der Waals surface area contributed by atoms with Crippen molar-refractivity contribution < 1.29 is 29.0 Å². The number of aromatic nitrogens is 1. The van der Waals surface area contributed by atoms with Crippen molar-refractivity contribution in [3.05, 3.63) is 71.1 Å². The Morgan fingerprint density at radius 3 is 2.61 bits per heavy atom. The van der Waals surface area contributed by atoms with E-state index in [1.165, 1.54) is 7.11 Å². The molecule has 5 rings (SSSR count). The molecular weight excluding hydrogens is 484 g/mol. The van der Waals surface area contributed by atoms with Crippen molar-refractivity contribution in [2.45, 2.75) is 39.2 Å². The molecule has 0 bridgehead atoms. The molecule has 0 spiro atoms. The number of imide groups is 3. The van der Waals surface area contributed by atoms with Crippen LogP contribution in [0.4, 0.5) is 4.79 Å². The second-order valence-corrected chi connectivity index (χ2v) is 10.4. The summed E-state index contributed by atoms with van der Waals surface area (Å²) in [6.07, 6.45) is 4.27. The van der Waals surface area contributed by atoms with Crippen molar-refractivity contribution >= 4 is 29.6 Å². The van der Waals surface area contributed by atoms with Gasteiger partial charge in [0.15, 0.2) is 0 Å². The maximum atomic E-state index is 13.2. The number of rotatable bonds is 6. The monoisotopic (exact) mass is 516 g/mol. The first-order chi connectivity index (χ1) is 18.3. The number of para-hydroxylation sites is 1. The topological polar surface area (TPSA) is 106 Å². The zero-order chi connectivity index (χ0) is 27.0. The third-order valence-electron chi connectivity index (χ3n) is 7.93. The number of ether oxygens (including phenoxy) is 2. The molecule has 38 heavy (non-hydrogen) atoms. The first kappa shape index (κ1) is 25.9. The summed E-state index contributed by atoms with van der Waals surface area (Å²) in [5, 5.41) is 10.4. The van der Waals surface area contributed by atoms with Gasteiger partial charge in [-0.1, -0.05) is 43.7 Å². The Balaban J connectivity index is 1.44. The van der Waals surface area contributed by atoms with Gasteiger partial charge in [0, 0.05) is 17.7 Å². The molecule has 3 amide bonds. The molecule has 0 unspecified atom stereocenters. The first-order valence-corrected chi connectivity index (χ1v) is 13.0. The molecule has 0 radical (unpaired) electrons. The van der Waals surface area contributed by atoms with Crippen LogP contribution in [-0.4, -0.2) is 52.7 Å². The molecule has 8 heteroatoms. The third-order valence-corrected chi connectivity index (χ3v) is 7.93. The minimum absolute atomic E-state index is 0.166. The van der Waals surface area contributed by atoms with Crippen LogP contribution in [0.1, 0.15) is 44.4 Å². The SMILES string of the molecule is COC(=O)N1C(=O)[C@@H]2[C@@H](CC(C(C)C)=C3[C@@H](CC/C(=C/c4ccccc4O)c4ccccn4)OC[C@@H]32)C1=O. The molecule has 3 heterocycles. The van der Waals surface area contributed by atoms with E-state index in [0.29, 0.717) is 36.3 Å². The lowest BCUT2D eigenvalue weighted by atomic mass is 9.67. The number of fused-ring (bicyclic) bond motifs is 3. The van der Waals surface area contributed by atoms with E-state index in [0.717, 1.165) is 22.4 Å². The normalized spacial score (nSPS) is 25.2. The van der Waals surface area contributed by atoms with Gasteiger partial charge < -0.3 is 14.6 Å². The van der Waals surface area contributed by atoms with Crippen molar-refractivity contribution in [2.75, 3.05) is 13.7 Å². The van der Waals surface area contributed by atoms with E-state index < -0.39 is 29.7 Å². The summed E-state index contributed by atoms with van der Waals surface area (Å²) in [4.78, 5) is 43.8. The number of hydrogen-bond donors (Lipinski definition) is 1. The van der Waals surface area contributed by atoms with E-state index in [-0.39, 0.29) is 23.7 Å². The van der Waals surface area contributed by atoms with Crippen LogP contribution in [-0.2, 0) is 19.1 Å². The molecule has 8 nitrogen and oxygen atoms in total. The van der Waals surface area contributed by atoms with Crippen LogP contribution in [0, 0.1) is 23.7 Å². The lowest BCUT2D eigenvalue weighted by Gasteiger charge is -2.33. The van der Waals surface area contributed by atoms with Crippen LogP contribution in [0.5, 0.6) is 5.75 Å². The Morgan fingerprint density at radius 2 is 1.92 bits per heavy atom. The van der Waals surface area contributed by atoms with E-state index in [4.69, 9.17) is 9.47 Å². The molecule has 1 aromatic heterocycles. The summed E-state index contributed by atoms with van der Waals surface area (Å²) in [6, 6.07) is 12.9. The molecular formula is C30H32N2O6. The van der Waals surface area contributed by atoms with Gasteiger partial charge in [0.1, 0.15) is 5.75 Å². The van der Waals surface area contributed by atoms with E-state index in [9.17, 15) is 19.5 Å². The molecule has 3 aliphatic rings. The first-order valence-electron chi connectivity index (χ1n) is 13.0. The quantitative estimate of drug-likeness (QED) is 0.432. The van der Waals surface area contributed by atoms with E-state index in [2.05, 4.69) is 18.8 Å². The number of nitrogens with zero attached hydrogens (tertiary/aromatic N) is 2. The predicted molar refractivity (Wildman–Crippen MR) is 140 cm³/mol. The highest BCUT2D eigenvalue weighted by atomic mass is 16.5. The second-order valence-electron chi connectivity index (χ2n) is 10.4. The highest BCUT2D eigenvalue weighted by Gasteiger charge is 2.59. The molecule has 198 valence electrons. The Bertz CT molecular complexity index is 1320. The van der Waals surface area contributed by atoms with Crippen LogP contribution in [0.3, 0.4) is 0 Å². The number of methoxy groups -OCH3 is 1. The number of carbonyl (C=O) groups excluding carboxylic acids is 3. The van der Waals surface area contributed by atoms with Crippen molar-refractivity contribution in [1.29, 1.82) is 0 Å². The number of allylic oxidation sites excluding steroid dienone is 2. The van der Waals surface area contributed by atoms with Gasteiger partial charge in [-0.25, -0.2) is 4.79 Å². The molecule has 2 fully saturated rings. The maximum absolute atomic E-state index is 13.2. The predicted octanol–water partition coefficient (Wildman–Crippen LogP) is 4.85. The summed E-state index contributed by atoms with van der Waals surface area (Å²) in [7, 11) is 1.17. The average Bonchev–Trinajstić information content (AvgIpc) is 3.45. The lowest BCUT2D eigenvalue weighted by Crippen LogP contribution is -2.38. The smallest absolute Gasteiger partial charge is 0.423 e. The highest BCUT2D eigenvalue weighted by Crippen LogP contribution is 2.51. The molecule has 4 atom stereocenters. The van der Waals surface area contributed by atoms with Gasteiger partial charge in [-0.3, -0.25) is 14.6 Å². The van der Waals surface area contributed by atoms with Gasteiger partial charge in [0.2, 0.25) is 11.8 Å². The summed E-state index contributed by atoms with van der Waals surface area (Å²) >= 11 is 0. The third kappa shape index (κ3) is 4.53. The largest absolute Gasteiger partial charge is 0.507 e. The van der Waals surface area contributed by atoms with Gasteiger partial charge in [0.25, 0.3) is 0 Å². The molecule has 2 saturated heterocycles. The second kappa shape index (κ2) is 10.5. The zero-order valence-electron chi connectivity index (χ0n) is 21.8. The fraction of sp³-hybridized carbons (Fsp3) is 0.400. The summed E-state index contributed by atoms with van der Waals surface area (Å²) in [5.74, 6) is -2.04. The minimum Gasteiger partial charge on any atom is -0.507 e. The number of likely N-dealkylation sites (tertiary alicyclic amines) is 1. The number of phenolic OH excluding ortho intramolecular Hbond substituents is 1. The summed E-state index contributed by atoms with van der Waals surface area (Å²) in [6.45, 7) is 4.51. The molecule has 2 aliphatic heterocycles. The van der Waals surface area contributed by atoms with Crippen LogP contribution in [0.15, 0.2) is 59.8 Å². The van der Waals surface area contributed by atoms with Crippen LogP contribution < -0.4 is 0 Å². The van der Waals surface area contributed by atoms with Crippen molar-refractivity contribution in [3.63, 3.8) is 0 Å². The van der Waals surface area contributed by atoms with E-state index in [1.807, 2.05) is 36.4 Å². The van der Waals surface area contributed by atoms with Crippen molar-refractivity contribution in [3.8, 4) is 5.75 Å². The molecule has 1 aliphatic carbocycles. The van der Waals surface area contributed by atoms with Gasteiger partial charge in [0.05, 0.1) is 37.4 Å². The minimum atomic E-state index is -0.924. The fourth-order valence-electron chi connectivity index (χ4n) is 6.14.